The average molecular weight is 251 g/mol. The Morgan fingerprint density at radius 3 is 2.72 bits per heavy atom. The van der Waals surface area contributed by atoms with E-state index in [4.69, 9.17) is 15.9 Å². The summed E-state index contributed by atoms with van der Waals surface area (Å²) in [7, 11) is 1.81. The molecule has 1 aromatic rings. The molecule has 0 saturated carbocycles. The van der Waals surface area contributed by atoms with Gasteiger partial charge in [0.2, 0.25) is 5.88 Å². The summed E-state index contributed by atoms with van der Waals surface area (Å²) in [5.41, 5.74) is 6.91. The van der Waals surface area contributed by atoms with Gasteiger partial charge in [-0.25, -0.2) is 4.68 Å². The molecular formula is C12H21N5O. The van der Waals surface area contributed by atoms with Crippen molar-refractivity contribution in [2.24, 2.45) is 12.8 Å². The van der Waals surface area contributed by atoms with Gasteiger partial charge in [-0.15, -0.1) is 0 Å². The van der Waals surface area contributed by atoms with Crippen LogP contribution in [0.25, 0.3) is 0 Å². The van der Waals surface area contributed by atoms with Gasteiger partial charge in [0.15, 0.2) is 0 Å². The van der Waals surface area contributed by atoms with Gasteiger partial charge in [0, 0.05) is 13.6 Å². The first-order chi connectivity index (χ1) is 8.59. The van der Waals surface area contributed by atoms with Crippen LogP contribution in [-0.2, 0) is 7.05 Å². The second-order valence-electron chi connectivity index (χ2n) is 4.70. The zero-order valence-electron chi connectivity index (χ0n) is 11.1. The lowest BCUT2D eigenvalue weighted by Crippen LogP contribution is -2.26. The second-order valence-corrected chi connectivity index (χ2v) is 4.70. The molecular weight excluding hydrogens is 230 g/mol. The summed E-state index contributed by atoms with van der Waals surface area (Å²) in [6.07, 6.45) is 2.56. The zero-order chi connectivity index (χ0) is 13.1. The minimum absolute atomic E-state index is 0.0109. The maximum absolute atomic E-state index is 7.57. The number of amidine groups is 1. The van der Waals surface area contributed by atoms with Crippen molar-refractivity contribution in [2.75, 3.05) is 26.2 Å². The fourth-order valence-electron chi connectivity index (χ4n) is 2.39. The van der Waals surface area contributed by atoms with Crippen molar-refractivity contribution in [1.29, 1.82) is 5.41 Å². The van der Waals surface area contributed by atoms with Gasteiger partial charge < -0.3 is 10.5 Å². The SMILES string of the molecule is Cc1nn(C)c(OCCN2CCCC2)c1C(=N)N. The maximum atomic E-state index is 7.57. The highest BCUT2D eigenvalue weighted by Gasteiger charge is 2.18. The molecule has 6 heteroatoms. The van der Waals surface area contributed by atoms with Crippen molar-refractivity contribution in [3.8, 4) is 5.88 Å². The molecule has 0 aromatic carbocycles. The first-order valence-electron chi connectivity index (χ1n) is 6.32. The Hall–Kier alpha value is -1.56. The lowest BCUT2D eigenvalue weighted by Gasteiger charge is -2.15. The third-order valence-electron chi connectivity index (χ3n) is 3.28. The van der Waals surface area contributed by atoms with Crippen LogP contribution in [0.15, 0.2) is 0 Å². The molecule has 1 aliphatic heterocycles. The molecule has 2 heterocycles. The minimum atomic E-state index is 0.0109. The van der Waals surface area contributed by atoms with Crippen molar-refractivity contribution in [3.63, 3.8) is 0 Å². The van der Waals surface area contributed by atoms with E-state index in [1.165, 1.54) is 12.8 Å². The predicted octanol–water partition coefficient (Wildman–Crippen LogP) is 0.487. The van der Waals surface area contributed by atoms with Crippen LogP contribution in [0, 0.1) is 12.3 Å². The molecule has 0 atom stereocenters. The highest BCUT2D eigenvalue weighted by molar-refractivity contribution is 5.98. The average Bonchev–Trinajstić information content (AvgIpc) is 2.87. The lowest BCUT2D eigenvalue weighted by molar-refractivity contribution is 0.224. The topological polar surface area (TPSA) is 80.2 Å². The second kappa shape index (κ2) is 5.39. The summed E-state index contributed by atoms with van der Waals surface area (Å²) in [5, 5.41) is 11.8. The van der Waals surface area contributed by atoms with Crippen LogP contribution in [0.1, 0.15) is 24.1 Å². The number of nitrogens with two attached hydrogens (primary N) is 1. The van der Waals surface area contributed by atoms with Gasteiger partial charge in [-0.1, -0.05) is 0 Å². The highest BCUT2D eigenvalue weighted by Crippen LogP contribution is 2.20. The number of nitrogen functional groups attached to an aromatic ring is 1. The quantitative estimate of drug-likeness (QED) is 0.589. The van der Waals surface area contributed by atoms with E-state index in [1.54, 1.807) is 4.68 Å². The molecule has 2 rings (SSSR count). The van der Waals surface area contributed by atoms with Crippen molar-refractivity contribution in [1.82, 2.24) is 14.7 Å². The van der Waals surface area contributed by atoms with E-state index < -0.39 is 0 Å². The number of aromatic nitrogens is 2. The van der Waals surface area contributed by atoms with Crippen LogP contribution in [0.4, 0.5) is 0 Å². The highest BCUT2D eigenvalue weighted by atomic mass is 16.5. The molecule has 1 aromatic heterocycles. The predicted molar refractivity (Wildman–Crippen MR) is 70.1 cm³/mol. The summed E-state index contributed by atoms with van der Waals surface area (Å²) in [6, 6.07) is 0. The van der Waals surface area contributed by atoms with Gasteiger partial charge in [0.1, 0.15) is 18.0 Å². The summed E-state index contributed by atoms with van der Waals surface area (Å²) in [6.45, 7) is 5.69. The number of hydrogen-bond donors (Lipinski definition) is 2. The Balaban J connectivity index is 1.97. The number of nitrogens with one attached hydrogen (secondary N) is 1. The smallest absolute Gasteiger partial charge is 0.223 e. The van der Waals surface area contributed by atoms with E-state index >= 15 is 0 Å². The van der Waals surface area contributed by atoms with Crippen LogP contribution in [-0.4, -0.2) is 46.8 Å². The monoisotopic (exact) mass is 251 g/mol. The number of likely N-dealkylation sites (tertiary alicyclic amines) is 1. The summed E-state index contributed by atoms with van der Waals surface area (Å²) < 4.78 is 7.40. The van der Waals surface area contributed by atoms with Gasteiger partial charge in [0.05, 0.1) is 5.69 Å². The minimum Gasteiger partial charge on any atom is -0.476 e. The van der Waals surface area contributed by atoms with E-state index in [0.29, 0.717) is 18.1 Å². The normalized spacial score (nSPS) is 16.1. The maximum Gasteiger partial charge on any atom is 0.223 e. The van der Waals surface area contributed by atoms with E-state index in [9.17, 15) is 0 Å². The molecule has 0 unspecified atom stereocenters. The standard InChI is InChI=1S/C12H21N5O/c1-9-10(11(13)14)12(16(2)15-9)18-8-7-17-5-3-4-6-17/h3-8H2,1-2H3,(H3,13,14). The Morgan fingerprint density at radius 1 is 1.44 bits per heavy atom. The number of ether oxygens (including phenoxy) is 1. The molecule has 0 aliphatic carbocycles. The van der Waals surface area contributed by atoms with Crippen LogP contribution in [0.2, 0.25) is 0 Å². The van der Waals surface area contributed by atoms with E-state index in [-0.39, 0.29) is 5.84 Å². The first-order valence-corrected chi connectivity index (χ1v) is 6.32. The van der Waals surface area contributed by atoms with Crippen molar-refractivity contribution >= 4 is 5.84 Å². The van der Waals surface area contributed by atoms with Crippen LogP contribution in [0.3, 0.4) is 0 Å². The Labute approximate surface area is 107 Å². The van der Waals surface area contributed by atoms with Gasteiger partial charge in [-0.3, -0.25) is 10.3 Å². The molecule has 18 heavy (non-hydrogen) atoms. The molecule has 1 aliphatic rings. The van der Waals surface area contributed by atoms with Crippen LogP contribution < -0.4 is 10.5 Å². The molecule has 6 nitrogen and oxygen atoms in total. The van der Waals surface area contributed by atoms with E-state index in [2.05, 4.69) is 10.00 Å². The summed E-state index contributed by atoms with van der Waals surface area (Å²) in [4.78, 5) is 2.39. The molecule has 1 saturated heterocycles. The summed E-state index contributed by atoms with van der Waals surface area (Å²) >= 11 is 0. The fraction of sp³-hybridized carbons (Fsp3) is 0.667. The number of hydrogen-bond acceptors (Lipinski definition) is 4. The van der Waals surface area contributed by atoms with Gasteiger partial charge in [0.25, 0.3) is 0 Å². The van der Waals surface area contributed by atoms with Gasteiger partial charge in [-0.2, -0.15) is 5.10 Å². The molecule has 0 amide bonds. The largest absolute Gasteiger partial charge is 0.476 e. The van der Waals surface area contributed by atoms with E-state index in [1.807, 2.05) is 14.0 Å². The molecule has 0 bridgehead atoms. The van der Waals surface area contributed by atoms with Crippen molar-refractivity contribution < 1.29 is 4.74 Å². The van der Waals surface area contributed by atoms with Crippen LogP contribution >= 0.6 is 0 Å². The fourth-order valence-corrected chi connectivity index (χ4v) is 2.39. The zero-order valence-corrected chi connectivity index (χ0v) is 11.1. The number of aryl methyl sites for hydroxylation is 2. The van der Waals surface area contributed by atoms with Crippen molar-refractivity contribution in [3.05, 3.63) is 11.3 Å². The Morgan fingerprint density at radius 2 is 2.11 bits per heavy atom. The molecule has 100 valence electrons. The number of rotatable bonds is 5. The molecule has 3 N–H and O–H groups in total. The Bertz CT molecular complexity index is 434. The third-order valence-corrected chi connectivity index (χ3v) is 3.28. The molecule has 1 fully saturated rings. The molecule has 0 spiro atoms. The molecule has 0 radical (unpaired) electrons. The number of nitrogens with zero attached hydrogens (tertiary/aromatic N) is 3. The van der Waals surface area contributed by atoms with E-state index in [0.717, 1.165) is 25.3 Å². The van der Waals surface area contributed by atoms with Gasteiger partial charge >= 0.3 is 0 Å². The third kappa shape index (κ3) is 2.64. The van der Waals surface area contributed by atoms with Gasteiger partial charge in [-0.05, 0) is 32.9 Å². The summed E-state index contributed by atoms with van der Waals surface area (Å²) in [5.74, 6) is 0.607. The van der Waals surface area contributed by atoms with Crippen molar-refractivity contribution in [2.45, 2.75) is 19.8 Å². The Kier molecular flexibility index (Phi) is 3.86. The van der Waals surface area contributed by atoms with Crippen LogP contribution in [0.5, 0.6) is 5.88 Å². The first kappa shape index (κ1) is 12.9. The lowest BCUT2D eigenvalue weighted by atomic mass is 10.2.